The van der Waals surface area contributed by atoms with E-state index in [1.54, 1.807) is 0 Å². The van der Waals surface area contributed by atoms with Crippen LogP contribution in [0.4, 0.5) is 4.39 Å². The number of halogens is 1. The maximum atomic E-state index is 12.3. The van der Waals surface area contributed by atoms with Crippen LogP contribution in [0.3, 0.4) is 0 Å². The van der Waals surface area contributed by atoms with Gasteiger partial charge in [0.25, 0.3) is 5.56 Å². The highest BCUT2D eigenvalue weighted by atomic mass is 19.1. The molecule has 1 aromatic rings. The molecule has 1 heterocycles. The van der Waals surface area contributed by atoms with Gasteiger partial charge in [0.2, 0.25) is 0 Å². The minimum absolute atomic E-state index is 0.223. The van der Waals surface area contributed by atoms with Gasteiger partial charge in [0.05, 0.1) is 7.11 Å². The number of nitrogens with one attached hydrogen (secondary N) is 1. The van der Waals surface area contributed by atoms with E-state index in [9.17, 15) is 9.18 Å². The molecule has 3 nitrogen and oxygen atoms in total. The molecule has 1 aromatic heterocycles. The Bertz CT molecular complexity index is 281. The van der Waals surface area contributed by atoms with E-state index in [4.69, 9.17) is 0 Å². The number of H-pyrrole nitrogens is 1. The number of ether oxygens (including phenoxy) is 1. The molecular formula is C6H6FNO2. The predicted molar refractivity (Wildman–Crippen MR) is 33.6 cm³/mol. The lowest BCUT2D eigenvalue weighted by molar-refractivity contribution is 0.408. The number of hydrogen-bond donors (Lipinski definition) is 1. The molecule has 10 heavy (non-hydrogen) atoms. The molecule has 0 saturated carbocycles. The Morgan fingerprint density at radius 2 is 2.30 bits per heavy atom. The van der Waals surface area contributed by atoms with Gasteiger partial charge in [0, 0.05) is 12.1 Å². The zero-order valence-electron chi connectivity index (χ0n) is 5.35. The molecule has 0 bridgehead atoms. The van der Waals surface area contributed by atoms with Crippen LogP contribution in [0.1, 0.15) is 0 Å². The van der Waals surface area contributed by atoms with Crippen LogP contribution >= 0.6 is 0 Å². The smallest absolute Gasteiger partial charge is 0.253 e. The van der Waals surface area contributed by atoms with E-state index >= 15 is 0 Å². The highest BCUT2D eigenvalue weighted by molar-refractivity contribution is 5.17. The Morgan fingerprint density at radius 3 is 2.80 bits per heavy atom. The van der Waals surface area contributed by atoms with E-state index in [-0.39, 0.29) is 5.75 Å². The molecule has 1 N–H and O–H groups in total. The highest BCUT2D eigenvalue weighted by Crippen LogP contribution is 2.04. The van der Waals surface area contributed by atoms with E-state index in [1.807, 2.05) is 4.98 Å². The maximum Gasteiger partial charge on any atom is 0.253 e. The van der Waals surface area contributed by atoms with Crippen molar-refractivity contribution in [2.45, 2.75) is 0 Å². The van der Waals surface area contributed by atoms with Crippen LogP contribution in [-0.4, -0.2) is 12.1 Å². The summed E-state index contributed by atoms with van der Waals surface area (Å²) in [5, 5.41) is 0. The first-order valence-corrected chi connectivity index (χ1v) is 2.66. The second-order valence-corrected chi connectivity index (χ2v) is 1.73. The number of aromatic nitrogens is 1. The van der Waals surface area contributed by atoms with Gasteiger partial charge in [-0.1, -0.05) is 0 Å². The lowest BCUT2D eigenvalue weighted by Gasteiger charge is -1.95. The summed E-state index contributed by atoms with van der Waals surface area (Å²) in [7, 11) is 1.37. The summed E-state index contributed by atoms with van der Waals surface area (Å²) >= 11 is 0. The number of rotatable bonds is 1. The molecule has 0 radical (unpaired) electrons. The molecule has 0 aliphatic rings. The van der Waals surface area contributed by atoms with Gasteiger partial charge < -0.3 is 4.74 Å². The summed E-state index contributed by atoms with van der Waals surface area (Å²) in [6.07, 6.45) is 0. The van der Waals surface area contributed by atoms with Gasteiger partial charge in [-0.15, -0.1) is 0 Å². The zero-order chi connectivity index (χ0) is 7.56. The SMILES string of the molecule is COc1cc(F)[nH]c(=O)c1. The van der Waals surface area contributed by atoms with Crippen LogP contribution in [0.2, 0.25) is 0 Å². The fraction of sp³-hybridized carbons (Fsp3) is 0.167. The summed E-state index contributed by atoms with van der Waals surface area (Å²) in [5.74, 6) is -0.467. The number of aromatic amines is 1. The Hall–Kier alpha value is -1.32. The van der Waals surface area contributed by atoms with Crippen molar-refractivity contribution in [3.8, 4) is 5.75 Å². The van der Waals surface area contributed by atoms with Crippen molar-refractivity contribution in [1.29, 1.82) is 0 Å². The first-order valence-electron chi connectivity index (χ1n) is 2.66. The quantitative estimate of drug-likeness (QED) is 0.582. The van der Waals surface area contributed by atoms with Crippen molar-refractivity contribution in [1.82, 2.24) is 4.98 Å². The van der Waals surface area contributed by atoms with Crippen molar-refractivity contribution < 1.29 is 9.13 Å². The zero-order valence-corrected chi connectivity index (χ0v) is 5.35. The second kappa shape index (κ2) is 2.51. The largest absolute Gasteiger partial charge is 0.496 e. The number of methoxy groups -OCH3 is 1. The Kier molecular flexibility index (Phi) is 1.71. The molecule has 54 valence electrons. The van der Waals surface area contributed by atoms with Crippen LogP contribution < -0.4 is 10.3 Å². The molecule has 1 rings (SSSR count). The minimum atomic E-state index is -0.690. The molecule has 0 aliphatic carbocycles. The highest BCUT2D eigenvalue weighted by Gasteiger charge is 1.95. The van der Waals surface area contributed by atoms with Gasteiger partial charge in [0.15, 0.2) is 5.95 Å². The molecule has 0 atom stereocenters. The van der Waals surface area contributed by atoms with E-state index < -0.39 is 11.5 Å². The van der Waals surface area contributed by atoms with E-state index in [0.717, 1.165) is 6.07 Å². The van der Waals surface area contributed by atoms with Crippen molar-refractivity contribution >= 4 is 0 Å². The standard InChI is InChI=1S/C6H6FNO2/c1-10-4-2-5(7)8-6(9)3-4/h2-3H,1H3,(H,8,9). The molecule has 4 heteroatoms. The summed E-state index contributed by atoms with van der Waals surface area (Å²) < 4.78 is 16.9. The molecule has 0 aliphatic heterocycles. The minimum Gasteiger partial charge on any atom is -0.496 e. The molecule has 0 unspecified atom stereocenters. The Balaban J connectivity index is 3.19. The predicted octanol–water partition coefficient (Wildman–Crippen LogP) is 0.523. The fourth-order valence-electron chi connectivity index (χ4n) is 0.603. The van der Waals surface area contributed by atoms with Crippen LogP contribution in [0.15, 0.2) is 16.9 Å². The monoisotopic (exact) mass is 143 g/mol. The van der Waals surface area contributed by atoms with Crippen molar-refractivity contribution in [3.63, 3.8) is 0 Å². The summed E-state index contributed by atoms with van der Waals surface area (Å²) in [6, 6.07) is 2.27. The second-order valence-electron chi connectivity index (χ2n) is 1.73. The van der Waals surface area contributed by atoms with Crippen molar-refractivity contribution in [2.24, 2.45) is 0 Å². The molecule has 0 spiro atoms. The molecule has 0 saturated heterocycles. The Morgan fingerprint density at radius 1 is 1.60 bits per heavy atom. The fourth-order valence-corrected chi connectivity index (χ4v) is 0.603. The number of hydrogen-bond acceptors (Lipinski definition) is 2. The van der Waals surface area contributed by atoms with Gasteiger partial charge in [-0.3, -0.25) is 9.78 Å². The van der Waals surface area contributed by atoms with Gasteiger partial charge in [-0.05, 0) is 0 Å². The van der Waals surface area contributed by atoms with Crippen molar-refractivity contribution in [2.75, 3.05) is 7.11 Å². The summed E-state index contributed by atoms with van der Waals surface area (Å²) in [6.45, 7) is 0. The molecule has 0 fully saturated rings. The van der Waals surface area contributed by atoms with Crippen molar-refractivity contribution in [3.05, 3.63) is 28.4 Å². The first-order chi connectivity index (χ1) is 4.72. The third-order valence-corrected chi connectivity index (χ3v) is 1.02. The third-order valence-electron chi connectivity index (χ3n) is 1.02. The van der Waals surface area contributed by atoms with Crippen LogP contribution in [0.25, 0.3) is 0 Å². The first kappa shape index (κ1) is 6.80. The van der Waals surface area contributed by atoms with E-state index in [1.165, 1.54) is 13.2 Å². The van der Waals surface area contributed by atoms with Gasteiger partial charge in [-0.2, -0.15) is 4.39 Å². The van der Waals surface area contributed by atoms with Gasteiger partial charge in [0.1, 0.15) is 5.75 Å². The van der Waals surface area contributed by atoms with Crippen LogP contribution in [0, 0.1) is 5.95 Å². The third kappa shape index (κ3) is 1.34. The lowest BCUT2D eigenvalue weighted by Crippen LogP contribution is -2.06. The molecule has 0 amide bonds. The Labute approximate surface area is 56.5 Å². The average Bonchev–Trinajstić information content (AvgIpc) is 1.85. The lowest BCUT2D eigenvalue weighted by atomic mass is 10.4. The average molecular weight is 143 g/mol. The maximum absolute atomic E-state index is 12.3. The van der Waals surface area contributed by atoms with E-state index in [0.29, 0.717) is 0 Å². The topological polar surface area (TPSA) is 42.1 Å². The summed E-state index contributed by atoms with van der Waals surface area (Å²) in [5.41, 5.74) is -0.503. The van der Waals surface area contributed by atoms with Gasteiger partial charge >= 0.3 is 0 Å². The van der Waals surface area contributed by atoms with Gasteiger partial charge in [-0.25, -0.2) is 0 Å². The van der Waals surface area contributed by atoms with Crippen LogP contribution in [-0.2, 0) is 0 Å². The normalized spacial score (nSPS) is 9.40. The molecular weight excluding hydrogens is 137 g/mol. The number of pyridine rings is 1. The molecule has 0 aromatic carbocycles. The summed E-state index contributed by atoms with van der Waals surface area (Å²) in [4.78, 5) is 12.4. The van der Waals surface area contributed by atoms with Crippen LogP contribution in [0.5, 0.6) is 5.75 Å². The van der Waals surface area contributed by atoms with E-state index in [2.05, 4.69) is 4.74 Å².